The van der Waals surface area contributed by atoms with Crippen molar-refractivity contribution in [1.29, 1.82) is 0 Å². The fourth-order valence-electron chi connectivity index (χ4n) is 6.24. The van der Waals surface area contributed by atoms with Gasteiger partial charge in [-0.3, -0.25) is 9.98 Å². The summed E-state index contributed by atoms with van der Waals surface area (Å²) in [5.74, 6) is -21.5. The molecule has 5 heterocycles. The van der Waals surface area contributed by atoms with Crippen LogP contribution in [0.4, 0.5) is 43.9 Å². The van der Waals surface area contributed by atoms with E-state index < -0.39 is 91.3 Å². The van der Waals surface area contributed by atoms with E-state index in [-0.39, 0.29) is 34.2 Å². The van der Waals surface area contributed by atoms with Crippen LogP contribution in [0.2, 0.25) is 0 Å². The first-order valence-corrected chi connectivity index (χ1v) is 14.9. The molecule has 0 atom stereocenters. The maximum Gasteiger partial charge on any atom is 0.200 e. The molecule has 8 bridgehead atoms. The van der Waals surface area contributed by atoms with Crippen molar-refractivity contribution in [2.45, 2.75) is 33.1 Å². The number of hydrogen-bond acceptors (Lipinski definition) is 2. The standard InChI is InChI=1S/C36H22F10N4/c1-35(2)17-9-5-13(47-17)21(23-25(37)29(41)33(45)30(42)26(23)38)15-7-11-19(49-15)36(3,4)20-12-8-16(50-20)22(14-6-10-18(35)48-14)24-27(39)31(43)34(46)32(44)28(24)40/h5-12,47-48H,1-4H3/b21-15+,22-16+. The molecule has 0 aliphatic carbocycles. The Labute approximate surface area is 277 Å². The highest BCUT2D eigenvalue weighted by molar-refractivity contribution is 6.22. The minimum Gasteiger partial charge on any atom is -0.358 e. The van der Waals surface area contributed by atoms with Crippen molar-refractivity contribution in [2.24, 2.45) is 15.4 Å². The Morgan fingerprint density at radius 3 is 1.08 bits per heavy atom. The molecule has 0 unspecified atom stereocenters. The molecule has 256 valence electrons. The molecule has 0 saturated heterocycles. The van der Waals surface area contributed by atoms with Gasteiger partial charge in [-0.1, -0.05) is 0 Å². The number of halogens is 10. The van der Waals surface area contributed by atoms with Crippen molar-refractivity contribution < 1.29 is 43.9 Å². The van der Waals surface area contributed by atoms with E-state index in [1.54, 1.807) is 27.7 Å². The summed E-state index contributed by atoms with van der Waals surface area (Å²) in [5.41, 5.74) is -5.05. The van der Waals surface area contributed by atoms with E-state index in [0.29, 0.717) is 11.4 Å². The Bertz CT molecular complexity index is 2160. The van der Waals surface area contributed by atoms with Crippen LogP contribution in [0.15, 0.2) is 69.9 Å². The Hall–Kier alpha value is -5.40. The van der Waals surface area contributed by atoms with Gasteiger partial charge in [0.05, 0.1) is 33.9 Å². The zero-order valence-electron chi connectivity index (χ0n) is 26.3. The van der Waals surface area contributed by atoms with Crippen LogP contribution < -0.4 is 0 Å². The van der Waals surface area contributed by atoms with Crippen molar-refractivity contribution in [1.82, 2.24) is 9.97 Å². The fourth-order valence-corrected chi connectivity index (χ4v) is 6.24. The van der Waals surface area contributed by atoms with Gasteiger partial charge in [-0.15, -0.1) is 0 Å². The molecule has 0 saturated carbocycles. The summed E-state index contributed by atoms with van der Waals surface area (Å²) in [6.07, 6.45) is 5.52. The molecule has 2 aromatic heterocycles. The van der Waals surface area contributed by atoms with Gasteiger partial charge in [0.25, 0.3) is 0 Å². The average molecular weight is 701 g/mol. The van der Waals surface area contributed by atoms with E-state index in [1.807, 2.05) is 0 Å². The number of aromatic nitrogens is 2. The first-order valence-electron chi connectivity index (χ1n) is 14.9. The fraction of sp³-hybridized carbons (Fsp3) is 0.167. The Balaban J connectivity index is 1.56. The lowest BCUT2D eigenvalue weighted by Crippen LogP contribution is -2.30. The Morgan fingerprint density at radius 2 is 0.740 bits per heavy atom. The van der Waals surface area contributed by atoms with Gasteiger partial charge in [0.15, 0.2) is 46.5 Å². The predicted molar refractivity (Wildman–Crippen MR) is 165 cm³/mol. The third-order valence-corrected chi connectivity index (χ3v) is 9.25. The van der Waals surface area contributed by atoms with E-state index in [0.717, 1.165) is 0 Å². The number of nitrogens with zero attached hydrogens (tertiary/aromatic N) is 2. The number of aliphatic imine (C=N–C) groups is 2. The molecule has 2 aromatic carbocycles. The van der Waals surface area contributed by atoms with Crippen molar-refractivity contribution in [3.05, 3.63) is 152 Å². The number of nitrogens with one attached hydrogen (secondary N) is 2. The third kappa shape index (κ3) is 4.60. The minimum atomic E-state index is -2.33. The normalized spacial score (nSPS) is 20.5. The third-order valence-electron chi connectivity index (χ3n) is 9.25. The topological polar surface area (TPSA) is 56.3 Å². The van der Waals surface area contributed by atoms with E-state index in [4.69, 9.17) is 0 Å². The molecule has 2 N–H and O–H groups in total. The van der Waals surface area contributed by atoms with Crippen LogP contribution in [0, 0.1) is 63.6 Å². The molecule has 0 radical (unpaired) electrons. The molecule has 0 amide bonds. The summed E-state index contributed by atoms with van der Waals surface area (Å²) in [7, 11) is 0. The number of hydrogen-bond donors (Lipinski definition) is 2. The number of H-pyrrole nitrogens is 2. The maximum absolute atomic E-state index is 15.4. The van der Waals surface area contributed by atoms with Crippen LogP contribution in [-0.2, 0) is 5.41 Å². The molecule has 0 fully saturated rings. The molecule has 7 rings (SSSR count). The highest BCUT2D eigenvalue weighted by Gasteiger charge is 2.38. The van der Waals surface area contributed by atoms with Crippen molar-refractivity contribution in [3.8, 4) is 0 Å². The molecule has 0 spiro atoms. The number of benzene rings is 2. The molecule has 4 aromatic rings. The summed E-state index contributed by atoms with van der Waals surface area (Å²) >= 11 is 0. The van der Waals surface area contributed by atoms with Crippen molar-refractivity contribution in [2.75, 3.05) is 0 Å². The van der Waals surface area contributed by atoms with Gasteiger partial charge in [-0.05, 0) is 76.3 Å². The SMILES string of the molecule is CC1(C)C2=N/C(=C(/c3c(F)c(F)c(F)c(F)c3F)c3ccc([nH]3)C(C)(C)c3ccc([nH]3)/C(c3c(F)c(F)c(F)c(F)c3F)=C3/C=CC1=N3)C=C2. The molecule has 4 nitrogen and oxygen atoms in total. The number of allylic oxidation sites excluding steroid dienone is 4. The quantitative estimate of drug-likeness (QED) is 0.119. The van der Waals surface area contributed by atoms with Gasteiger partial charge in [0, 0.05) is 44.8 Å². The highest BCUT2D eigenvalue weighted by atomic mass is 19.2. The Kier molecular flexibility index (Phi) is 7.32. The van der Waals surface area contributed by atoms with Crippen LogP contribution >= 0.6 is 0 Å². The second kappa shape index (κ2) is 11.1. The molecular weight excluding hydrogens is 678 g/mol. The summed E-state index contributed by atoms with van der Waals surface area (Å²) in [4.78, 5) is 15.0. The van der Waals surface area contributed by atoms with Gasteiger partial charge in [0.1, 0.15) is 0 Å². The van der Waals surface area contributed by atoms with Crippen LogP contribution in [0.3, 0.4) is 0 Å². The van der Waals surface area contributed by atoms with Gasteiger partial charge in [0.2, 0.25) is 11.6 Å². The second-order valence-electron chi connectivity index (χ2n) is 12.9. The van der Waals surface area contributed by atoms with E-state index in [9.17, 15) is 26.3 Å². The van der Waals surface area contributed by atoms with E-state index >= 15 is 17.6 Å². The molecule has 50 heavy (non-hydrogen) atoms. The lowest BCUT2D eigenvalue weighted by atomic mass is 9.82. The molecule has 14 heteroatoms. The van der Waals surface area contributed by atoms with Crippen LogP contribution in [-0.4, -0.2) is 21.4 Å². The Morgan fingerprint density at radius 1 is 0.420 bits per heavy atom. The largest absolute Gasteiger partial charge is 0.358 e. The maximum atomic E-state index is 15.4. The first kappa shape index (κ1) is 33.1. The zero-order valence-corrected chi connectivity index (χ0v) is 26.3. The monoisotopic (exact) mass is 700 g/mol. The molecule has 3 aliphatic rings. The summed E-state index contributed by atoms with van der Waals surface area (Å²) in [6, 6.07) is 5.71. The van der Waals surface area contributed by atoms with Crippen LogP contribution in [0.5, 0.6) is 0 Å². The van der Waals surface area contributed by atoms with Crippen molar-refractivity contribution >= 4 is 22.6 Å². The van der Waals surface area contributed by atoms with Crippen LogP contribution in [0.1, 0.15) is 61.6 Å². The van der Waals surface area contributed by atoms with Crippen molar-refractivity contribution in [3.63, 3.8) is 0 Å². The van der Waals surface area contributed by atoms with E-state index in [1.165, 1.54) is 48.6 Å². The van der Waals surface area contributed by atoms with Gasteiger partial charge in [-0.25, -0.2) is 43.9 Å². The smallest absolute Gasteiger partial charge is 0.200 e. The number of fused-ring (bicyclic) bond motifs is 6. The second-order valence-corrected chi connectivity index (χ2v) is 12.9. The molecular formula is C36H22F10N4. The van der Waals surface area contributed by atoms with E-state index in [2.05, 4.69) is 20.0 Å². The zero-order chi connectivity index (χ0) is 36.2. The minimum absolute atomic E-state index is 0.0695. The summed E-state index contributed by atoms with van der Waals surface area (Å²) in [5, 5.41) is 0. The number of aromatic amines is 2. The highest BCUT2D eigenvalue weighted by Crippen LogP contribution is 2.43. The average Bonchev–Trinajstić information content (AvgIpc) is 3.91. The lowest BCUT2D eigenvalue weighted by Gasteiger charge is -2.24. The van der Waals surface area contributed by atoms with Crippen LogP contribution in [0.25, 0.3) is 11.1 Å². The predicted octanol–water partition coefficient (Wildman–Crippen LogP) is 9.64. The van der Waals surface area contributed by atoms with Gasteiger partial charge < -0.3 is 9.97 Å². The number of rotatable bonds is 2. The van der Waals surface area contributed by atoms with Gasteiger partial charge in [-0.2, -0.15) is 0 Å². The molecule has 3 aliphatic heterocycles. The lowest BCUT2D eigenvalue weighted by molar-refractivity contribution is 0.376. The first-order chi connectivity index (χ1) is 23.5. The van der Waals surface area contributed by atoms with Gasteiger partial charge >= 0.3 is 0 Å². The summed E-state index contributed by atoms with van der Waals surface area (Å²) in [6.45, 7) is 6.56. The summed E-state index contributed by atoms with van der Waals surface area (Å²) < 4.78 is 148.